The topological polar surface area (TPSA) is 77.1 Å². The first-order chi connectivity index (χ1) is 6.18. The van der Waals surface area contributed by atoms with Gasteiger partial charge < -0.3 is 15.6 Å². The summed E-state index contributed by atoms with van der Waals surface area (Å²) in [6.07, 6.45) is 1.61. The second-order valence-corrected chi connectivity index (χ2v) is 2.93. The number of amides is 2. The lowest BCUT2D eigenvalue weighted by Gasteiger charge is -2.14. The van der Waals surface area contributed by atoms with E-state index in [1.54, 1.807) is 10.8 Å². The van der Waals surface area contributed by atoms with Crippen LogP contribution >= 0.6 is 0 Å². The fourth-order valence-corrected chi connectivity index (χ4v) is 1.40. The van der Waals surface area contributed by atoms with E-state index < -0.39 is 5.91 Å². The molecule has 5 nitrogen and oxygen atoms in total. The molecule has 0 aliphatic carbocycles. The van der Waals surface area contributed by atoms with Crippen LogP contribution in [-0.2, 0) is 6.54 Å². The summed E-state index contributed by atoms with van der Waals surface area (Å²) in [5, 5.41) is 2.68. The van der Waals surface area contributed by atoms with E-state index in [0.717, 1.165) is 0 Å². The Morgan fingerprint density at radius 1 is 1.62 bits per heavy atom. The molecule has 0 radical (unpaired) electrons. The summed E-state index contributed by atoms with van der Waals surface area (Å²) in [6, 6.07) is 1.51. The van der Waals surface area contributed by atoms with Gasteiger partial charge in [-0.1, -0.05) is 0 Å². The van der Waals surface area contributed by atoms with Gasteiger partial charge in [-0.25, -0.2) is 0 Å². The predicted octanol–water partition coefficient (Wildman–Crippen LogP) is -0.670. The van der Waals surface area contributed by atoms with Crippen LogP contribution in [0.15, 0.2) is 12.3 Å². The molecular formula is C8H9N3O2. The number of primary amides is 1. The number of hydrogen-bond acceptors (Lipinski definition) is 2. The number of hydrogen-bond donors (Lipinski definition) is 2. The van der Waals surface area contributed by atoms with E-state index in [-0.39, 0.29) is 5.91 Å². The maximum absolute atomic E-state index is 11.2. The first kappa shape index (κ1) is 7.85. The van der Waals surface area contributed by atoms with E-state index in [9.17, 15) is 9.59 Å². The van der Waals surface area contributed by atoms with Crippen LogP contribution in [0.2, 0.25) is 0 Å². The Hall–Kier alpha value is -1.78. The molecular weight excluding hydrogens is 170 g/mol. The SMILES string of the molecule is NC(=O)c1cc2n(c1)CCNC2=O. The summed E-state index contributed by atoms with van der Waals surface area (Å²) < 4.78 is 1.74. The number of aromatic nitrogens is 1. The summed E-state index contributed by atoms with van der Waals surface area (Å²) in [4.78, 5) is 22.0. The van der Waals surface area contributed by atoms with E-state index in [0.29, 0.717) is 24.3 Å². The van der Waals surface area contributed by atoms with Crippen LogP contribution in [0.4, 0.5) is 0 Å². The van der Waals surface area contributed by atoms with Crippen LogP contribution in [-0.4, -0.2) is 22.9 Å². The largest absolute Gasteiger partial charge is 0.366 e. The minimum atomic E-state index is -0.505. The molecule has 13 heavy (non-hydrogen) atoms. The molecule has 1 aromatic heterocycles. The van der Waals surface area contributed by atoms with Gasteiger partial charge in [0.05, 0.1) is 5.56 Å². The van der Waals surface area contributed by atoms with E-state index in [1.807, 2.05) is 0 Å². The highest BCUT2D eigenvalue weighted by molar-refractivity contribution is 5.99. The van der Waals surface area contributed by atoms with E-state index >= 15 is 0 Å². The van der Waals surface area contributed by atoms with Gasteiger partial charge in [0.15, 0.2) is 0 Å². The quantitative estimate of drug-likeness (QED) is 0.599. The highest BCUT2D eigenvalue weighted by atomic mass is 16.2. The van der Waals surface area contributed by atoms with Crippen LogP contribution in [0.3, 0.4) is 0 Å². The maximum atomic E-state index is 11.2. The molecule has 1 aromatic rings. The van der Waals surface area contributed by atoms with Crippen molar-refractivity contribution in [2.45, 2.75) is 6.54 Å². The predicted molar refractivity (Wildman–Crippen MR) is 45.3 cm³/mol. The van der Waals surface area contributed by atoms with Crippen LogP contribution < -0.4 is 11.1 Å². The summed E-state index contributed by atoms with van der Waals surface area (Å²) in [5.41, 5.74) is 5.97. The van der Waals surface area contributed by atoms with Crippen molar-refractivity contribution in [3.05, 3.63) is 23.5 Å². The zero-order valence-electron chi connectivity index (χ0n) is 6.91. The van der Waals surface area contributed by atoms with Crippen LogP contribution in [0.5, 0.6) is 0 Å². The fourth-order valence-electron chi connectivity index (χ4n) is 1.40. The van der Waals surface area contributed by atoms with Crippen LogP contribution in [0.1, 0.15) is 20.8 Å². The number of nitrogens with one attached hydrogen (secondary N) is 1. The van der Waals surface area contributed by atoms with Crippen molar-refractivity contribution in [2.75, 3.05) is 6.54 Å². The third kappa shape index (κ3) is 1.18. The number of nitrogens with two attached hydrogens (primary N) is 1. The van der Waals surface area contributed by atoms with Gasteiger partial charge in [-0.05, 0) is 6.07 Å². The van der Waals surface area contributed by atoms with Crippen molar-refractivity contribution >= 4 is 11.8 Å². The van der Waals surface area contributed by atoms with Crippen molar-refractivity contribution in [3.8, 4) is 0 Å². The molecule has 0 bridgehead atoms. The van der Waals surface area contributed by atoms with Gasteiger partial charge in [0.1, 0.15) is 5.69 Å². The molecule has 0 unspecified atom stereocenters. The minimum Gasteiger partial charge on any atom is -0.366 e. The average Bonchev–Trinajstić information content (AvgIpc) is 2.49. The minimum absolute atomic E-state index is 0.154. The first-order valence-electron chi connectivity index (χ1n) is 3.96. The van der Waals surface area contributed by atoms with Gasteiger partial charge in [0.2, 0.25) is 5.91 Å². The van der Waals surface area contributed by atoms with Crippen molar-refractivity contribution in [2.24, 2.45) is 5.73 Å². The van der Waals surface area contributed by atoms with Gasteiger partial charge in [-0.3, -0.25) is 9.59 Å². The Bertz CT molecular complexity index is 381. The number of carbonyl (C=O) groups excluding carboxylic acids is 2. The molecule has 2 amide bonds. The normalized spacial score (nSPS) is 14.9. The molecule has 3 N–H and O–H groups in total. The molecule has 2 rings (SSSR count). The summed E-state index contributed by atoms with van der Waals surface area (Å²) in [7, 11) is 0. The monoisotopic (exact) mass is 179 g/mol. The molecule has 68 valence electrons. The van der Waals surface area contributed by atoms with Gasteiger partial charge in [-0.2, -0.15) is 0 Å². The summed E-state index contributed by atoms with van der Waals surface area (Å²) in [6.45, 7) is 1.28. The van der Waals surface area contributed by atoms with Crippen LogP contribution in [0.25, 0.3) is 0 Å². The van der Waals surface area contributed by atoms with Gasteiger partial charge in [-0.15, -0.1) is 0 Å². The van der Waals surface area contributed by atoms with Gasteiger partial charge in [0.25, 0.3) is 5.91 Å². The van der Waals surface area contributed by atoms with Crippen molar-refractivity contribution in [1.82, 2.24) is 9.88 Å². The van der Waals surface area contributed by atoms with Crippen molar-refractivity contribution in [3.63, 3.8) is 0 Å². The molecule has 1 aliphatic heterocycles. The highest BCUT2D eigenvalue weighted by Crippen LogP contribution is 2.10. The molecule has 0 aromatic carbocycles. The lowest BCUT2D eigenvalue weighted by molar-refractivity contribution is 0.0927. The van der Waals surface area contributed by atoms with E-state index in [1.165, 1.54) is 6.07 Å². The van der Waals surface area contributed by atoms with Crippen molar-refractivity contribution in [1.29, 1.82) is 0 Å². The Morgan fingerprint density at radius 3 is 3.00 bits per heavy atom. The smallest absolute Gasteiger partial charge is 0.267 e. The highest BCUT2D eigenvalue weighted by Gasteiger charge is 2.18. The molecule has 0 fully saturated rings. The Morgan fingerprint density at radius 2 is 2.38 bits per heavy atom. The molecule has 0 atom stereocenters. The van der Waals surface area contributed by atoms with Crippen LogP contribution in [0, 0.1) is 0 Å². The lowest BCUT2D eigenvalue weighted by Crippen LogP contribution is -2.34. The standard InChI is InChI=1S/C8H9N3O2/c9-7(12)5-3-6-8(13)10-1-2-11(6)4-5/h3-4H,1-2H2,(H2,9,12)(H,10,13). The van der Waals surface area contributed by atoms with E-state index in [4.69, 9.17) is 5.73 Å². The lowest BCUT2D eigenvalue weighted by atomic mass is 10.3. The second kappa shape index (κ2) is 2.62. The first-order valence-corrected chi connectivity index (χ1v) is 3.96. The van der Waals surface area contributed by atoms with Crippen molar-refractivity contribution < 1.29 is 9.59 Å². The van der Waals surface area contributed by atoms with E-state index in [2.05, 4.69) is 5.32 Å². The molecule has 5 heteroatoms. The number of fused-ring (bicyclic) bond motifs is 1. The average molecular weight is 179 g/mol. The van der Waals surface area contributed by atoms with Gasteiger partial charge in [0, 0.05) is 19.3 Å². The maximum Gasteiger partial charge on any atom is 0.267 e. The Balaban J connectivity index is 2.48. The third-order valence-electron chi connectivity index (χ3n) is 2.05. The summed E-state index contributed by atoms with van der Waals surface area (Å²) in [5.74, 6) is -0.659. The Kier molecular flexibility index (Phi) is 1.58. The fraction of sp³-hybridized carbons (Fsp3) is 0.250. The zero-order chi connectivity index (χ0) is 9.42. The molecule has 0 saturated heterocycles. The third-order valence-corrected chi connectivity index (χ3v) is 2.05. The molecule has 0 saturated carbocycles. The Labute approximate surface area is 74.5 Å². The van der Waals surface area contributed by atoms with Gasteiger partial charge >= 0.3 is 0 Å². The molecule has 0 spiro atoms. The zero-order valence-corrected chi connectivity index (χ0v) is 6.91. The number of nitrogens with zero attached hydrogens (tertiary/aromatic N) is 1. The summed E-state index contributed by atoms with van der Waals surface area (Å²) >= 11 is 0. The second-order valence-electron chi connectivity index (χ2n) is 2.93. The molecule has 1 aliphatic rings. The number of rotatable bonds is 1. The number of carbonyl (C=O) groups is 2. The molecule has 2 heterocycles.